The van der Waals surface area contributed by atoms with Crippen LogP contribution in [0, 0.1) is 0 Å². The van der Waals surface area contributed by atoms with Crippen LogP contribution < -0.4 is 5.14 Å². The van der Waals surface area contributed by atoms with Gasteiger partial charge in [0, 0.05) is 29.3 Å². The van der Waals surface area contributed by atoms with Crippen LogP contribution in [0.15, 0.2) is 23.2 Å². The molecule has 1 heterocycles. The predicted octanol–water partition coefficient (Wildman–Crippen LogP) is 5.48. The Morgan fingerprint density at radius 1 is 1.26 bits per heavy atom. The molecule has 2 atom stereocenters. The highest BCUT2D eigenvalue weighted by Gasteiger charge is 2.37. The van der Waals surface area contributed by atoms with Gasteiger partial charge in [-0.2, -0.15) is 0 Å². The fourth-order valence-electron chi connectivity index (χ4n) is 2.59. The molecule has 7 heteroatoms. The maximum Gasteiger partial charge on any atom is 0.191 e. The fraction of sp³-hybridized carbons (Fsp3) is 0.750. The molecule has 0 amide bonds. The Balaban J connectivity index is 2.93. The summed E-state index contributed by atoms with van der Waals surface area (Å²) in [5, 5.41) is 5.93. The lowest BCUT2D eigenvalue weighted by Gasteiger charge is -2.37. The zero-order valence-electron chi connectivity index (χ0n) is 18.3. The van der Waals surface area contributed by atoms with E-state index in [1.807, 2.05) is 20.0 Å². The average molecular weight is 431 g/mol. The van der Waals surface area contributed by atoms with Crippen molar-refractivity contribution in [3.63, 3.8) is 0 Å². The molecule has 1 aromatic heterocycles. The number of hydrogen-bond acceptors (Lipinski definition) is 4. The third kappa shape index (κ3) is 7.61. The molecule has 0 spiro atoms. The van der Waals surface area contributed by atoms with Gasteiger partial charge < -0.3 is 4.43 Å². The minimum atomic E-state index is -1.78. The van der Waals surface area contributed by atoms with Crippen molar-refractivity contribution in [3.8, 4) is 0 Å². The van der Waals surface area contributed by atoms with Crippen molar-refractivity contribution in [1.29, 1.82) is 0 Å². The van der Waals surface area contributed by atoms with Gasteiger partial charge in [0.15, 0.2) is 8.32 Å². The third-order valence-electron chi connectivity index (χ3n) is 5.51. The Kier molecular flexibility index (Phi) is 9.20. The molecule has 0 fully saturated rings. The first-order valence-electron chi connectivity index (χ1n) is 9.69. The minimum Gasteiger partial charge on any atom is -0.417 e. The van der Waals surface area contributed by atoms with Crippen molar-refractivity contribution in [3.05, 3.63) is 24.0 Å². The maximum absolute atomic E-state index is 12.0. The van der Waals surface area contributed by atoms with E-state index in [9.17, 15) is 4.21 Å². The molecule has 0 aliphatic carbocycles. The first kappa shape index (κ1) is 24.8. The molecule has 4 nitrogen and oxygen atoms in total. The maximum atomic E-state index is 12.0. The van der Waals surface area contributed by atoms with Crippen molar-refractivity contribution in [1.82, 2.24) is 4.98 Å². The Morgan fingerprint density at radius 3 is 2.33 bits per heavy atom. The number of hydrogen-bond donors (Lipinski definition) is 1. The van der Waals surface area contributed by atoms with Crippen LogP contribution in [-0.4, -0.2) is 34.6 Å². The molecule has 0 radical (unpaired) electrons. The highest BCUT2D eigenvalue weighted by Crippen LogP contribution is 2.37. The molecule has 1 rings (SSSR count). The summed E-state index contributed by atoms with van der Waals surface area (Å²) in [6.45, 7) is 18.1. The third-order valence-corrected chi connectivity index (χ3v) is 12.2. The lowest BCUT2D eigenvalue weighted by molar-refractivity contribution is 0.265. The molecule has 2 N–H and O–H groups in total. The number of nitrogens with two attached hydrogens (primary N) is 1. The van der Waals surface area contributed by atoms with Crippen LogP contribution >= 0.6 is 11.8 Å². The summed E-state index contributed by atoms with van der Waals surface area (Å²) in [5.74, 6) is 1.21. The van der Waals surface area contributed by atoms with Gasteiger partial charge in [-0.1, -0.05) is 27.7 Å². The molecule has 156 valence electrons. The lowest BCUT2D eigenvalue weighted by atomic mass is 9.90. The van der Waals surface area contributed by atoms with Gasteiger partial charge in [-0.15, -0.1) is 11.8 Å². The zero-order valence-corrected chi connectivity index (χ0v) is 20.9. The van der Waals surface area contributed by atoms with Gasteiger partial charge in [0.2, 0.25) is 0 Å². The van der Waals surface area contributed by atoms with E-state index in [1.54, 1.807) is 11.8 Å². The van der Waals surface area contributed by atoms with E-state index in [-0.39, 0.29) is 11.0 Å². The molecule has 0 aromatic carbocycles. The average Bonchev–Trinajstić information content (AvgIpc) is 2.53. The smallest absolute Gasteiger partial charge is 0.191 e. The molecule has 1 unspecified atom stereocenters. The van der Waals surface area contributed by atoms with E-state index in [0.29, 0.717) is 6.61 Å². The highest BCUT2D eigenvalue weighted by atomic mass is 32.2. The number of aromatic nitrogens is 1. The molecular weight excluding hydrogens is 392 g/mol. The Bertz CT molecular complexity index is 613. The Labute approximate surface area is 174 Å². The molecule has 27 heavy (non-hydrogen) atoms. The largest absolute Gasteiger partial charge is 0.417 e. The van der Waals surface area contributed by atoms with E-state index in [0.717, 1.165) is 24.3 Å². The fourth-order valence-corrected chi connectivity index (χ4v) is 4.64. The van der Waals surface area contributed by atoms with Gasteiger partial charge in [-0.3, -0.25) is 10.1 Å². The molecule has 0 saturated heterocycles. The summed E-state index contributed by atoms with van der Waals surface area (Å²) < 4.78 is 17.9. The monoisotopic (exact) mass is 430 g/mol. The van der Waals surface area contributed by atoms with Crippen molar-refractivity contribution < 1.29 is 8.63 Å². The van der Waals surface area contributed by atoms with Crippen LogP contribution in [0.3, 0.4) is 0 Å². The molecule has 0 bridgehead atoms. The summed E-state index contributed by atoms with van der Waals surface area (Å²) in [7, 11) is -3.16. The second kappa shape index (κ2) is 10.0. The van der Waals surface area contributed by atoms with Crippen molar-refractivity contribution >= 4 is 31.1 Å². The van der Waals surface area contributed by atoms with E-state index < -0.39 is 24.1 Å². The number of pyridine rings is 1. The predicted molar refractivity (Wildman–Crippen MR) is 122 cm³/mol. The van der Waals surface area contributed by atoms with E-state index in [1.165, 1.54) is 4.90 Å². The Hall–Kier alpha value is -0.213. The second-order valence-corrected chi connectivity index (χ2v) is 17.1. The minimum absolute atomic E-state index is 0.179. The number of nitrogens with zero attached hydrogens (tertiary/aromatic N) is 1. The summed E-state index contributed by atoms with van der Waals surface area (Å²) >= 11 is 1.79. The van der Waals surface area contributed by atoms with Crippen LogP contribution in [0.2, 0.25) is 18.1 Å². The molecule has 0 saturated carbocycles. The second-order valence-electron chi connectivity index (χ2n) is 9.21. The summed E-state index contributed by atoms with van der Waals surface area (Å²) in [5.41, 5.74) is 1.04. The van der Waals surface area contributed by atoms with E-state index in [2.05, 4.69) is 52.9 Å². The number of thioether (sulfide) groups is 1. The van der Waals surface area contributed by atoms with Gasteiger partial charge in [-0.25, -0.2) is 4.21 Å². The first-order valence-corrected chi connectivity index (χ1v) is 14.8. The molecule has 0 aliphatic heterocycles. The summed E-state index contributed by atoms with van der Waals surface area (Å²) in [6.07, 6.45) is 3.53. The number of rotatable bonds is 10. The van der Waals surface area contributed by atoms with E-state index >= 15 is 0 Å². The van der Waals surface area contributed by atoms with Gasteiger partial charge >= 0.3 is 0 Å². The highest BCUT2D eigenvalue weighted by molar-refractivity contribution is 7.99. The molecule has 1 aromatic rings. The quantitative estimate of drug-likeness (QED) is 0.394. The van der Waals surface area contributed by atoms with Crippen molar-refractivity contribution in [2.45, 2.75) is 88.1 Å². The van der Waals surface area contributed by atoms with Crippen LogP contribution in [-0.2, 0) is 15.4 Å². The van der Waals surface area contributed by atoms with E-state index in [4.69, 9.17) is 14.5 Å². The SMILES string of the molecule is CCSc1ccc([C@@H](CCO[Si](C)(C)C(C)(C)C)CC(C)(C)S(N)=O)nc1. The standard InChI is InChI=1S/C20H38N2O2S2Si/c1-9-25-17-10-11-18(22-15-17)16(14-20(5,6)26(21)23)12-13-24-27(7,8)19(2,3)4/h10-11,15-16H,9,12-14,21H2,1-8H3/t16-,26?/m0/s1. The van der Waals surface area contributed by atoms with Gasteiger partial charge in [0.05, 0.1) is 15.7 Å². The van der Waals surface area contributed by atoms with Crippen molar-refractivity contribution in [2.24, 2.45) is 5.14 Å². The first-order chi connectivity index (χ1) is 12.3. The topological polar surface area (TPSA) is 65.2 Å². The van der Waals surface area contributed by atoms with Crippen molar-refractivity contribution in [2.75, 3.05) is 12.4 Å². The molecule has 0 aliphatic rings. The van der Waals surface area contributed by atoms with Crippen LogP contribution in [0.4, 0.5) is 0 Å². The lowest BCUT2D eigenvalue weighted by Crippen LogP contribution is -2.41. The van der Waals surface area contributed by atoms with Gasteiger partial charge in [-0.05, 0) is 62.7 Å². The van der Waals surface area contributed by atoms with Gasteiger partial charge in [0.1, 0.15) is 0 Å². The Morgan fingerprint density at radius 2 is 1.89 bits per heavy atom. The van der Waals surface area contributed by atoms with Crippen LogP contribution in [0.1, 0.15) is 66.0 Å². The van der Waals surface area contributed by atoms with Crippen LogP contribution in [0.5, 0.6) is 0 Å². The van der Waals surface area contributed by atoms with Crippen LogP contribution in [0.25, 0.3) is 0 Å². The normalized spacial score (nSPS) is 15.6. The zero-order chi connectivity index (χ0) is 20.9. The summed E-state index contributed by atoms with van der Waals surface area (Å²) in [4.78, 5) is 5.88. The van der Waals surface area contributed by atoms with Gasteiger partial charge in [0.25, 0.3) is 0 Å². The summed E-state index contributed by atoms with van der Waals surface area (Å²) in [6, 6.07) is 4.23. The molecular formula is C20H38N2O2S2Si.